The molecule has 26 heavy (non-hydrogen) atoms. The number of rotatable bonds is 6. The summed E-state index contributed by atoms with van der Waals surface area (Å²) in [4.78, 5) is 36.7. The van der Waals surface area contributed by atoms with Crippen LogP contribution in [0.25, 0.3) is 11.1 Å². The molecule has 2 aromatic rings. The molecule has 0 aliphatic heterocycles. The first-order valence-electron chi connectivity index (χ1n) is 7.70. The number of carbonyl (C=O) groups excluding carboxylic acids is 1. The van der Waals surface area contributed by atoms with E-state index in [0.717, 1.165) is 9.13 Å². The zero-order chi connectivity index (χ0) is 19.4. The molecule has 0 radical (unpaired) electrons. The van der Waals surface area contributed by atoms with E-state index in [-0.39, 0.29) is 22.9 Å². The molecule has 1 heterocycles. The molecule has 0 amide bonds. The summed E-state index contributed by atoms with van der Waals surface area (Å²) in [6, 6.07) is 3.68. The van der Waals surface area contributed by atoms with Gasteiger partial charge < -0.3 is 4.74 Å². The number of ether oxygens (including phenoxy) is 1. The lowest BCUT2D eigenvalue weighted by atomic mass is 10.1. The Kier molecular flexibility index (Phi) is 6.66. The SMILES string of the molecule is CSCC(C)n1c(=O)c(-c2cccc(F)c2Cl)cn(COC(C)=O)c1=O. The summed E-state index contributed by atoms with van der Waals surface area (Å²) in [6.45, 7) is 2.58. The summed E-state index contributed by atoms with van der Waals surface area (Å²) in [7, 11) is 0. The van der Waals surface area contributed by atoms with Gasteiger partial charge in [-0.2, -0.15) is 11.8 Å². The van der Waals surface area contributed by atoms with Gasteiger partial charge >= 0.3 is 11.7 Å². The summed E-state index contributed by atoms with van der Waals surface area (Å²) in [5.74, 6) is -0.731. The van der Waals surface area contributed by atoms with Crippen molar-refractivity contribution in [3.05, 3.63) is 56.1 Å². The van der Waals surface area contributed by atoms with Gasteiger partial charge in [-0.25, -0.2) is 9.18 Å². The van der Waals surface area contributed by atoms with E-state index in [0.29, 0.717) is 5.75 Å². The Morgan fingerprint density at radius 1 is 1.35 bits per heavy atom. The Morgan fingerprint density at radius 2 is 2.04 bits per heavy atom. The molecule has 0 spiro atoms. The summed E-state index contributed by atoms with van der Waals surface area (Å²) >= 11 is 7.49. The van der Waals surface area contributed by atoms with Gasteiger partial charge in [0, 0.05) is 30.5 Å². The van der Waals surface area contributed by atoms with E-state index >= 15 is 0 Å². The molecule has 0 saturated heterocycles. The molecule has 1 aromatic heterocycles. The van der Waals surface area contributed by atoms with Crippen molar-refractivity contribution in [2.45, 2.75) is 26.6 Å². The first-order chi connectivity index (χ1) is 12.3. The summed E-state index contributed by atoms with van der Waals surface area (Å²) in [5.41, 5.74) is -0.982. The highest BCUT2D eigenvalue weighted by molar-refractivity contribution is 7.98. The zero-order valence-corrected chi connectivity index (χ0v) is 16.1. The van der Waals surface area contributed by atoms with Crippen molar-refractivity contribution in [1.29, 1.82) is 0 Å². The number of benzene rings is 1. The molecule has 0 aliphatic rings. The van der Waals surface area contributed by atoms with Crippen LogP contribution in [0.5, 0.6) is 0 Å². The van der Waals surface area contributed by atoms with Gasteiger partial charge in [0.25, 0.3) is 5.56 Å². The van der Waals surface area contributed by atoms with Gasteiger partial charge in [-0.3, -0.25) is 18.7 Å². The van der Waals surface area contributed by atoms with Gasteiger partial charge in [0.05, 0.1) is 10.6 Å². The first kappa shape index (κ1) is 20.3. The number of halogens is 2. The number of nitrogens with zero attached hydrogens (tertiary/aromatic N) is 2. The van der Waals surface area contributed by atoms with E-state index in [9.17, 15) is 18.8 Å². The van der Waals surface area contributed by atoms with Crippen molar-refractivity contribution < 1.29 is 13.9 Å². The predicted octanol–water partition coefficient (Wildman–Crippen LogP) is 2.91. The maximum Gasteiger partial charge on any atom is 0.334 e. The number of carbonyl (C=O) groups is 1. The average molecular weight is 401 g/mol. The highest BCUT2D eigenvalue weighted by Crippen LogP contribution is 2.27. The summed E-state index contributed by atoms with van der Waals surface area (Å²) < 4.78 is 20.9. The summed E-state index contributed by atoms with van der Waals surface area (Å²) in [6.07, 6.45) is 3.09. The largest absolute Gasteiger partial charge is 0.444 e. The first-order valence-corrected chi connectivity index (χ1v) is 9.47. The van der Waals surface area contributed by atoms with E-state index in [4.69, 9.17) is 16.3 Å². The third-order valence-corrected chi connectivity index (χ3v) is 4.88. The fourth-order valence-electron chi connectivity index (χ4n) is 2.48. The molecule has 1 atom stereocenters. The van der Waals surface area contributed by atoms with Crippen molar-refractivity contribution in [1.82, 2.24) is 9.13 Å². The molecule has 0 N–H and O–H groups in total. The topological polar surface area (TPSA) is 70.3 Å². The highest BCUT2D eigenvalue weighted by Gasteiger charge is 2.20. The Labute approximate surface area is 158 Å². The van der Waals surface area contributed by atoms with Crippen LogP contribution in [-0.4, -0.2) is 27.1 Å². The average Bonchev–Trinajstić information content (AvgIpc) is 2.57. The minimum Gasteiger partial charge on any atom is -0.444 e. The Morgan fingerprint density at radius 3 is 2.65 bits per heavy atom. The third kappa shape index (κ3) is 4.19. The molecule has 9 heteroatoms. The van der Waals surface area contributed by atoms with E-state index in [1.165, 1.54) is 43.1 Å². The smallest absolute Gasteiger partial charge is 0.334 e. The number of hydrogen-bond acceptors (Lipinski definition) is 5. The van der Waals surface area contributed by atoms with Gasteiger partial charge in [-0.1, -0.05) is 23.7 Å². The van der Waals surface area contributed by atoms with Crippen LogP contribution in [0.2, 0.25) is 5.02 Å². The zero-order valence-electron chi connectivity index (χ0n) is 14.5. The molecule has 1 unspecified atom stereocenters. The second-order valence-electron chi connectivity index (χ2n) is 5.64. The molecule has 0 saturated carbocycles. The number of hydrogen-bond donors (Lipinski definition) is 0. The van der Waals surface area contributed by atoms with E-state index in [2.05, 4.69) is 0 Å². The molecule has 1 aromatic carbocycles. The van der Waals surface area contributed by atoms with Crippen LogP contribution in [-0.2, 0) is 16.3 Å². The van der Waals surface area contributed by atoms with Crippen molar-refractivity contribution in [2.24, 2.45) is 0 Å². The van der Waals surface area contributed by atoms with Gasteiger partial charge in [-0.05, 0) is 19.2 Å². The molecule has 6 nitrogen and oxygen atoms in total. The standard InChI is InChI=1S/C17H18ClFN2O4S/c1-10(8-26-3)21-16(23)13(12-5-4-6-14(19)15(12)18)7-20(17(21)24)9-25-11(2)22/h4-7,10H,8-9H2,1-3H3. The van der Waals surface area contributed by atoms with Gasteiger partial charge in [0.15, 0.2) is 6.73 Å². The fourth-order valence-corrected chi connectivity index (χ4v) is 3.33. The van der Waals surface area contributed by atoms with Crippen LogP contribution < -0.4 is 11.2 Å². The van der Waals surface area contributed by atoms with Crippen molar-refractivity contribution in [3.8, 4) is 11.1 Å². The number of aromatic nitrogens is 2. The normalized spacial score (nSPS) is 12.0. The number of esters is 1. The molecule has 0 aliphatic carbocycles. The Hall–Kier alpha value is -2.06. The molecule has 0 fully saturated rings. The van der Waals surface area contributed by atoms with Crippen molar-refractivity contribution >= 4 is 29.3 Å². The van der Waals surface area contributed by atoms with Crippen LogP contribution in [0.3, 0.4) is 0 Å². The van der Waals surface area contributed by atoms with Gasteiger partial charge in [-0.15, -0.1) is 0 Å². The Bertz CT molecular complexity index is 941. The van der Waals surface area contributed by atoms with Gasteiger partial charge in [0.2, 0.25) is 0 Å². The second kappa shape index (κ2) is 8.55. The molecule has 2 rings (SSSR count). The van der Waals surface area contributed by atoms with Crippen LogP contribution in [0, 0.1) is 5.82 Å². The maximum absolute atomic E-state index is 13.8. The van der Waals surface area contributed by atoms with Crippen LogP contribution in [0.4, 0.5) is 4.39 Å². The molecular formula is C17H18ClFN2O4S. The quantitative estimate of drug-likeness (QED) is 0.697. The lowest BCUT2D eigenvalue weighted by molar-refractivity contribution is -0.144. The van der Waals surface area contributed by atoms with Crippen molar-refractivity contribution in [2.75, 3.05) is 12.0 Å². The lowest BCUT2D eigenvalue weighted by Crippen LogP contribution is -2.43. The minimum absolute atomic E-state index is 0.0502. The fraction of sp³-hybridized carbons (Fsp3) is 0.353. The molecule has 0 bridgehead atoms. The van der Waals surface area contributed by atoms with Crippen LogP contribution >= 0.6 is 23.4 Å². The monoisotopic (exact) mass is 400 g/mol. The number of thioether (sulfide) groups is 1. The van der Waals surface area contributed by atoms with E-state index in [1.54, 1.807) is 6.92 Å². The Balaban J connectivity index is 2.75. The maximum atomic E-state index is 13.8. The summed E-state index contributed by atoms with van der Waals surface area (Å²) in [5, 5.41) is -0.216. The molecular weight excluding hydrogens is 383 g/mol. The van der Waals surface area contributed by atoms with Crippen LogP contribution in [0.15, 0.2) is 34.0 Å². The second-order valence-corrected chi connectivity index (χ2v) is 6.93. The third-order valence-electron chi connectivity index (χ3n) is 3.68. The van der Waals surface area contributed by atoms with Crippen LogP contribution in [0.1, 0.15) is 19.9 Å². The molecule has 140 valence electrons. The van der Waals surface area contributed by atoms with E-state index < -0.39 is 29.1 Å². The van der Waals surface area contributed by atoms with Gasteiger partial charge in [0.1, 0.15) is 5.82 Å². The lowest BCUT2D eigenvalue weighted by Gasteiger charge is -2.18. The van der Waals surface area contributed by atoms with E-state index in [1.807, 2.05) is 6.26 Å². The predicted molar refractivity (Wildman–Crippen MR) is 100 cm³/mol. The van der Waals surface area contributed by atoms with Crippen molar-refractivity contribution in [3.63, 3.8) is 0 Å². The minimum atomic E-state index is -0.676. The highest BCUT2D eigenvalue weighted by atomic mass is 35.5.